The van der Waals surface area contributed by atoms with Gasteiger partial charge in [-0.1, -0.05) is 24.3 Å². The Balaban J connectivity index is 2.18. The van der Waals surface area contributed by atoms with Gasteiger partial charge in [-0.05, 0) is 41.5 Å². The standard InChI is InChI=1S/C17H12FNO3/c18-15-5-3-13(4-6-15)14(10-19)9-12-1-7-16(8-2-12)22-11-17(20)21/h1-9H,11H2,(H,20,21)/b14-9-. The molecule has 2 aromatic rings. The summed E-state index contributed by atoms with van der Waals surface area (Å²) in [4.78, 5) is 10.4. The summed E-state index contributed by atoms with van der Waals surface area (Å²) in [6.45, 7) is -0.409. The Hall–Kier alpha value is -3.13. The lowest BCUT2D eigenvalue weighted by atomic mass is 10.0. The SMILES string of the molecule is N#C/C(=C/c1ccc(OCC(=O)O)cc1)c1ccc(F)cc1. The van der Waals surface area contributed by atoms with Crippen molar-refractivity contribution in [2.75, 3.05) is 6.61 Å². The fraction of sp³-hybridized carbons (Fsp3) is 0.0588. The molecule has 0 unspecified atom stereocenters. The molecule has 22 heavy (non-hydrogen) atoms. The van der Waals surface area contributed by atoms with E-state index in [0.717, 1.165) is 5.56 Å². The van der Waals surface area contributed by atoms with Crippen molar-refractivity contribution in [1.29, 1.82) is 5.26 Å². The molecule has 110 valence electrons. The third-order valence-electron chi connectivity index (χ3n) is 2.83. The summed E-state index contributed by atoms with van der Waals surface area (Å²) < 4.78 is 17.9. The lowest BCUT2D eigenvalue weighted by Crippen LogP contribution is -2.09. The summed E-state index contributed by atoms with van der Waals surface area (Å²) in [5.41, 5.74) is 1.78. The first kappa shape index (κ1) is 15.3. The maximum Gasteiger partial charge on any atom is 0.341 e. The average Bonchev–Trinajstić information content (AvgIpc) is 2.52. The van der Waals surface area contributed by atoms with E-state index in [9.17, 15) is 14.4 Å². The zero-order valence-corrected chi connectivity index (χ0v) is 11.5. The molecule has 0 aliphatic rings. The minimum Gasteiger partial charge on any atom is -0.482 e. The molecule has 5 heteroatoms. The number of allylic oxidation sites excluding steroid dienone is 1. The van der Waals surface area contributed by atoms with Gasteiger partial charge in [0.05, 0.1) is 11.6 Å². The largest absolute Gasteiger partial charge is 0.482 e. The van der Waals surface area contributed by atoms with Crippen molar-refractivity contribution in [3.63, 3.8) is 0 Å². The highest BCUT2D eigenvalue weighted by Gasteiger charge is 2.03. The zero-order chi connectivity index (χ0) is 15.9. The molecule has 1 N–H and O–H groups in total. The smallest absolute Gasteiger partial charge is 0.341 e. The number of carboxylic acids is 1. The van der Waals surface area contributed by atoms with Crippen molar-refractivity contribution in [1.82, 2.24) is 0 Å². The molecule has 0 heterocycles. The number of ether oxygens (including phenoxy) is 1. The molecule has 4 nitrogen and oxygen atoms in total. The van der Waals surface area contributed by atoms with Gasteiger partial charge in [0, 0.05) is 0 Å². The molecule has 0 saturated heterocycles. The molecule has 2 aromatic carbocycles. The maximum atomic E-state index is 12.9. The Labute approximate surface area is 126 Å². The maximum absolute atomic E-state index is 12.9. The summed E-state index contributed by atoms with van der Waals surface area (Å²) in [5.74, 6) is -0.979. The lowest BCUT2D eigenvalue weighted by molar-refractivity contribution is -0.139. The van der Waals surface area contributed by atoms with Crippen molar-refractivity contribution in [2.24, 2.45) is 0 Å². The molecule has 0 saturated carbocycles. The van der Waals surface area contributed by atoms with E-state index >= 15 is 0 Å². The van der Waals surface area contributed by atoms with Crippen molar-refractivity contribution in [3.8, 4) is 11.8 Å². The Morgan fingerprint density at radius 2 is 1.82 bits per heavy atom. The Bertz CT molecular complexity index is 728. The molecule has 0 fully saturated rings. The number of carbonyl (C=O) groups is 1. The molecule has 0 aromatic heterocycles. The van der Waals surface area contributed by atoms with E-state index in [1.807, 2.05) is 0 Å². The van der Waals surface area contributed by atoms with Crippen LogP contribution in [0.25, 0.3) is 11.6 Å². The van der Waals surface area contributed by atoms with Gasteiger partial charge < -0.3 is 9.84 Å². The molecule has 0 aliphatic carbocycles. The van der Waals surface area contributed by atoms with Crippen LogP contribution < -0.4 is 4.74 Å². The summed E-state index contributed by atoms with van der Waals surface area (Å²) in [7, 11) is 0. The van der Waals surface area contributed by atoms with Crippen LogP contribution in [0.3, 0.4) is 0 Å². The van der Waals surface area contributed by atoms with Gasteiger partial charge in [-0.3, -0.25) is 0 Å². The highest BCUT2D eigenvalue weighted by molar-refractivity contribution is 5.89. The van der Waals surface area contributed by atoms with Crippen LogP contribution >= 0.6 is 0 Å². The molecule has 0 bridgehead atoms. The van der Waals surface area contributed by atoms with E-state index in [1.54, 1.807) is 30.3 Å². The predicted octanol–water partition coefficient (Wildman–Crippen LogP) is 3.35. The first-order valence-corrected chi connectivity index (χ1v) is 6.41. The van der Waals surface area contributed by atoms with Gasteiger partial charge in [-0.2, -0.15) is 5.26 Å². The highest BCUT2D eigenvalue weighted by Crippen LogP contribution is 2.20. The Morgan fingerprint density at radius 1 is 1.18 bits per heavy atom. The van der Waals surface area contributed by atoms with Crippen LogP contribution in [0.4, 0.5) is 4.39 Å². The summed E-state index contributed by atoms with van der Waals surface area (Å²) >= 11 is 0. The third-order valence-corrected chi connectivity index (χ3v) is 2.83. The van der Waals surface area contributed by atoms with Gasteiger partial charge in [0.2, 0.25) is 0 Å². The van der Waals surface area contributed by atoms with E-state index < -0.39 is 12.6 Å². The van der Waals surface area contributed by atoms with Crippen LogP contribution in [0.2, 0.25) is 0 Å². The predicted molar refractivity (Wildman–Crippen MR) is 79.5 cm³/mol. The summed E-state index contributed by atoms with van der Waals surface area (Å²) in [6, 6.07) is 14.4. The normalized spacial score (nSPS) is 10.8. The highest BCUT2D eigenvalue weighted by atomic mass is 19.1. The van der Waals surface area contributed by atoms with Crippen LogP contribution in [0.1, 0.15) is 11.1 Å². The molecule has 0 atom stereocenters. The fourth-order valence-electron chi connectivity index (χ4n) is 1.78. The van der Waals surface area contributed by atoms with Gasteiger partial charge in [-0.25, -0.2) is 9.18 Å². The summed E-state index contributed by atoms with van der Waals surface area (Å²) in [5, 5.41) is 17.7. The summed E-state index contributed by atoms with van der Waals surface area (Å²) in [6.07, 6.45) is 1.66. The first-order valence-electron chi connectivity index (χ1n) is 6.41. The molecule has 2 rings (SSSR count). The van der Waals surface area contributed by atoms with E-state index in [-0.39, 0.29) is 5.82 Å². The number of hydrogen-bond acceptors (Lipinski definition) is 3. The Morgan fingerprint density at radius 3 is 2.36 bits per heavy atom. The van der Waals surface area contributed by atoms with E-state index in [0.29, 0.717) is 16.9 Å². The van der Waals surface area contributed by atoms with E-state index in [2.05, 4.69) is 6.07 Å². The molecule has 0 spiro atoms. The minimum absolute atomic E-state index is 0.360. The van der Waals surface area contributed by atoms with Gasteiger partial charge in [0.25, 0.3) is 0 Å². The number of benzene rings is 2. The van der Waals surface area contributed by atoms with Crippen LogP contribution in [0.15, 0.2) is 48.5 Å². The van der Waals surface area contributed by atoms with Gasteiger partial charge in [0.15, 0.2) is 6.61 Å². The van der Waals surface area contributed by atoms with Crippen molar-refractivity contribution in [2.45, 2.75) is 0 Å². The topological polar surface area (TPSA) is 70.3 Å². The van der Waals surface area contributed by atoms with Gasteiger partial charge in [0.1, 0.15) is 11.6 Å². The molecule has 0 amide bonds. The van der Waals surface area contributed by atoms with Crippen molar-refractivity contribution < 1.29 is 19.0 Å². The fourth-order valence-corrected chi connectivity index (χ4v) is 1.78. The molecule has 0 radical (unpaired) electrons. The monoisotopic (exact) mass is 297 g/mol. The Kier molecular flexibility index (Phi) is 4.89. The van der Waals surface area contributed by atoms with Crippen LogP contribution in [0.5, 0.6) is 5.75 Å². The number of halogens is 1. The van der Waals surface area contributed by atoms with Crippen LogP contribution in [0, 0.1) is 17.1 Å². The van der Waals surface area contributed by atoms with Crippen molar-refractivity contribution >= 4 is 17.6 Å². The second kappa shape index (κ2) is 7.04. The number of aliphatic carboxylic acids is 1. The second-order valence-electron chi connectivity index (χ2n) is 4.43. The lowest BCUT2D eigenvalue weighted by Gasteiger charge is -2.04. The third kappa shape index (κ3) is 4.18. The minimum atomic E-state index is -1.05. The van der Waals surface area contributed by atoms with Crippen LogP contribution in [-0.4, -0.2) is 17.7 Å². The van der Waals surface area contributed by atoms with Crippen LogP contribution in [-0.2, 0) is 4.79 Å². The van der Waals surface area contributed by atoms with Gasteiger partial charge >= 0.3 is 5.97 Å². The zero-order valence-electron chi connectivity index (χ0n) is 11.5. The van der Waals surface area contributed by atoms with E-state index in [1.165, 1.54) is 24.3 Å². The number of hydrogen-bond donors (Lipinski definition) is 1. The molecular formula is C17H12FNO3. The van der Waals surface area contributed by atoms with E-state index in [4.69, 9.17) is 9.84 Å². The second-order valence-corrected chi connectivity index (χ2v) is 4.43. The van der Waals surface area contributed by atoms with Crippen molar-refractivity contribution in [3.05, 3.63) is 65.5 Å². The number of nitrogens with zero attached hydrogens (tertiary/aromatic N) is 1. The first-order chi connectivity index (χ1) is 10.6. The van der Waals surface area contributed by atoms with Gasteiger partial charge in [-0.15, -0.1) is 0 Å². The molecule has 0 aliphatic heterocycles. The quantitative estimate of drug-likeness (QED) is 0.678. The molecular weight excluding hydrogens is 285 g/mol. The average molecular weight is 297 g/mol. The number of nitriles is 1. The number of rotatable bonds is 5. The number of carboxylic acid groups (broad SMARTS) is 1.